The Morgan fingerprint density at radius 2 is 1.69 bits per heavy atom. The van der Waals surface area contributed by atoms with E-state index in [2.05, 4.69) is 15.1 Å². The zero-order chi connectivity index (χ0) is 19.3. The minimum absolute atomic E-state index is 0.108. The summed E-state index contributed by atoms with van der Waals surface area (Å²) < 4.78 is 5.13. The zero-order valence-electron chi connectivity index (χ0n) is 15.4. The lowest BCUT2D eigenvalue weighted by Gasteiger charge is -2.42. The van der Waals surface area contributed by atoms with Crippen molar-refractivity contribution in [2.45, 2.75) is 56.9 Å². The summed E-state index contributed by atoms with van der Waals surface area (Å²) in [7, 11) is 1.73. The van der Waals surface area contributed by atoms with E-state index >= 15 is 0 Å². The lowest BCUT2D eigenvalue weighted by atomic mass is 9.79. The number of methoxy groups -OCH3 is 1. The Hall–Kier alpha value is -2.00. The van der Waals surface area contributed by atoms with Crippen LogP contribution in [0.5, 0.6) is 0 Å². The number of likely N-dealkylation sites (tertiary alicyclic amines) is 1. The molecule has 1 aliphatic carbocycles. The van der Waals surface area contributed by atoms with Gasteiger partial charge in [-0.25, -0.2) is 4.98 Å². The van der Waals surface area contributed by atoms with E-state index in [-0.39, 0.29) is 18.5 Å². The summed E-state index contributed by atoms with van der Waals surface area (Å²) in [6.45, 7) is 2.62. The van der Waals surface area contributed by atoms with Crippen molar-refractivity contribution < 1.29 is 24.5 Å². The maximum Gasteiger partial charge on any atom is 0.290 e. The molecule has 2 heterocycles. The summed E-state index contributed by atoms with van der Waals surface area (Å²) in [4.78, 5) is 24.2. The van der Waals surface area contributed by atoms with E-state index in [1.165, 1.54) is 58.0 Å². The molecule has 148 valence electrons. The number of nitrogens with one attached hydrogen (secondary N) is 1. The highest BCUT2D eigenvalue weighted by Gasteiger charge is 2.43. The van der Waals surface area contributed by atoms with Crippen LogP contribution in [-0.2, 0) is 26.3 Å². The molecule has 3 N–H and O–H groups in total. The van der Waals surface area contributed by atoms with Crippen molar-refractivity contribution in [1.29, 1.82) is 0 Å². The van der Waals surface area contributed by atoms with Crippen LogP contribution in [0.25, 0.3) is 0 Å². The second kappa shape index (κ2) is 12.4. The molecule has 0 radical (unpaired) electrons. The standard InChI is InChI=1S/C15H26N4O.2CH2O2/c1-20-12-7-13-16-14(18-17-13)15(8-3-2-4-9-15)19-10-5-6-11-19;2*2-1-3/h2-12H2,1H3,(H,16,17,18);2*1H,(H,2,3). The number of nitrogens with zero attached hydrogens (tertiary/aromatic N) is 3. The molecule has 0 bridgehead atoms. The van der Waals surface area contributed by atoms with Crippen LogP contribution in [0.2, 0.25) is 0 Å². The van der Waals surface area contributed by atoms with Crippen molar-refractivity contribution in [2.24, 2.45) is 0 Å². The number of ether oxygens (including phenoxy) is 1. The van der Waals surface area contributed by atoms with Crippen LogP contribution in [-0.4, -0.2) is 70.0 Å². The van der Waals surface area contributed by atoms with Crippen LogP contribution in [0, 0.1) is 0 Å². The van der Waals surface area contributed by atoms with Gasteiger partial charge in [0, 0.05) is 13.5 Å². The molecule has 1 aromatic rings. The van der Waals surface area contributed by atoms with Crippen molar-refractivity contribution in [2.75, 3.05) is 26.8 Å². The number of carbonyl (C=O) groups is 2. The van der Waals surface area contributed by atoms with Gasteiger partial charge in [-0.1, -0.05) is 19.3 Å². The van der Waals surface area contributed by atoms with Crippen LogP contribution < -0.4 is 0 Å². The fourth-order valence-electron chi connectivity index (χ4n) is 3.78. The van der Waals surface area contributed by atoms with Crippen LogP contribution in [0.3, 0.4) is 0 Å². The molecule has 0 atom stereocenters. The van der Waals surface area contributed by atoms with E-state index in [0.29, 0.717) is 6.61 Å². The minimum Gasteiger partial charge on any atom is -0.483 e. The first kappa shape index (κ1) is 22.0. The summed E-state index contributed by atoms with van der Waals surface area (Å²) in [5.74, 6) is 2.00. The molecule has 3 rings (SSSR count). The van der Waals surface area contributed by atoms with Gasteiger partial charge in [0.15, 0.2) is 5.82 Å². The number of carboxylic acid groups (broad SMARTS) is 2. The first-order valence-corrected chi connectivity index (χ1v) is 9.00. The van der Waals surface area contributed by atoms with Crippen molar-refractivity contribution in [3.05, 3.63) is 11.6 Å². The van der Waals surface area contributed by atoms with E-state index in [0.717, 1.165) is 18.1 Å². The highest BCUT2D eigenvalue weighted by Crippen LogP contribution is 2.42. The predicted molar refractivity (Wildman–Crippen MR) is 94.9 cm³/mol. The van der Waals surface area contributed by atoms with Crippen LogP contribution in [0.4, 0.5) is 0 Å². The van der Waals surface area contributed by atoms with E-state index in [1.54, 1.807) is 7.11 Å². The Kier molecular flexibility index (Phi) is 10.5. The average Bonchev–Trinajstić information content (AvgIpc) is 3.34. The highest BCUT2D eigenvalue weighted by molar-refractivity contribution is 5.33. The molecule has 2 fully saturated rings. The summed E-state index contributed by atoms with van der Waals surface area (Å²) in [6.07, 6.45) is 9.86. The van der Waals surface area contributed by atoms with Gasteiger partial charge in [0.05, 0.1) is 12.1 Å². The van der Waals surface area contributed by atoms with Gasteiger partial charge in [0.25, 0.3) is 12.9 Å². The second-order valence-electron chi connectivity index (χ2n) is 6.35. The van der Waals surface area contributed by atoms with Gasteiger partial charge in [0.1, 0.15) is 5.82 Å². The Labute approximate surface area is 153 Å². The molecule has 1 saturated heterocycles. The molecule has 9 heteroatoms. The first-order valence-electron chi connectivity index (χ1n) is 9.00. The van der Waals surface area contributed by atoms with Crippen LogP contribution in [0.1, 0.15) is 56.6 Å². The molecule has 0 spiro atoms. The molecule has 1 aromatic heterocycles. The van der Waals surface area contributed by atoms with Gasteiger partial charge >= 0.3 is 0 Å². The Balaban J connectivity index is 0.000000499. The SMILES string of the molecule is COCCc1nc(C2(N3CCCC3)CCCCC2)n[nH]1.O=CO.O=CO. The average molecular weight is 370 g/mol. The number of H-pyrrole nitrogens is 1. The molecule has 9 nitrogen and oxygen atoms in total. The van der Waals surface area contributed by atoms with Crippen LogP contribution >= 0.6 is 0 Å². The lowest BCUT2D eigenvalue weighted by Crippen LogP contribution is -2.46. The fourth-order valence-corrected chi connectivity index (χ4v) is 3.78. The Morgan fingerprint density at radius 1 is 1.12 bits per heavy atom. The fraction of sp³-hybridized carbons (Fsp3) is 0.765. The van der Waals surface area contributed by atoms with Gasteiger partial charge in [-0.15, -0.1) is 0 Å². The predicted octanol–water partition coefficient (Wildman–Crippen LogP) is 1.65. The molecule has 1 saturated carbocycles. The molecule has 0 amide bonds. The van der Waals surface area contributed by atoms with E-state index in [1.807, 2.05) is 0 Å². The number of aromatic nitrogens is 3. The molecule has 2 aliphatic rings. The molecular formula is C17H30N4O5. The van der Waals surface area contributed by atoms with E-state index < -0.39 is 0 Å². The van der Waals surface area contributed by atoms with Gasteiger partial charge in [-0.05, 0) is 38.8 Å². The summed E-state index contributed by atoms with van der Waals surface area (Å²) in [6, 6.07) is 0. The number of aromatic amines is 1. The van der Waals surface area contributed by atoms with Crippen molar-refractivity contribution >= 4 is 12.9 Å². The number of hydrogen-bond acceptors (Lipinski definition) is 6. The zero-order valence-corrected chi connectivity index (χ0v) is 15.4. The molecule has 1 aliphatic heterocycles. The third-order valence-electron chi connectivity index (χ3n) is 4.88. The summed E-state index contributed by atoms with van der Waals surface area (Å²) >= 11 is 0. The lowest BCUT2D eigenvalue weighted by molar-refractivity contribution is -0.123. The molecule has 0 unspecified atom stereocenters. The van der Waals surface area contributed by atoms with Crippen molar-refractivity contribution in [1.82, 2.24) is 20.1 Å². The largest absolute Gasteiger partial charge is 0.483 e. The Bertz CT molecular complexity index is 505. The van der Waals surface area contributed by atoms with Crippen molar-refractivity contribution in [3.63, 3.8) is 0 Å². The molecule has 0 aromatic carbocycles. The Morgan fingerprint density at radius 3 is 2.23 bits per heavy atom. The van der Waals surface area contributed by atoms with Crippen LogP contribution in [0.15, 0.2) is 0 Å². The molecular weight excluding hydrogens is 340 g/mol. The smallest absolute Gasteiger partial charge is 0.290 e. The normalized spacial score (nSPS) is 18.8. The molecule has 26 heavy (non-hydrogen) atoms. The van der Waals surface area contributed by atoms with Gasteiger partial charge in [-0.3, -0.25) is 19.6 Å². The summed E-state index contributed by atoms with van der Waals surface area (Å²) in [5.41, 5.74) is 0.108. The minimum atomic E-state index is -0.250. The third-order valence-corrected chi connectivity index (χ3v) is 4.88. The topological polar surface area (TPSA) is 129 Å². The van der Waals surface area contributed by atoms with E-state index in [9.17, 15) is 0 Å². The third kappa shape index (κ3) is 6.06. The van der Waals surface area contributed by atoms with Gasteiger partial charge in [0.2, 0.25) is 0 Å². The van der Waals surface area contributed by atoms with E-state index in [4.69, 9.17) is 29.5 Å². The van der Waals surface area contributed by atoms with Gasteiger partial charge < -0.3 is 14.9 Å². The van der Waals surface area contributed by atoms with Crippen molar-refractivity contribution in [3.8, 4) is 0 Å². The first-order chi connectivity index (χ1) is 12.7. The maximum absolute atomic E-state index is 8.36. The number of rotatable bonds is 5. The van der Waals surface area contributed by atoms with Gasteiger partial charge in [-0.2, -0.15) is 5.10 Å². The highest BCUT2D eigenvalue weighted by atomic mass is 16.5. The quantitative estimate of drug-likeness (QED) is 0.667. The maximum atomic E-state index is 8.36. The summed E-state index contributed by atoms with van der Waals surface area (Å²) in [5, 5.41) is 21.5. The second-order valence-corrected chi connectivity index (χ2v) is 6.35. The monoisotopic (exact) mass is 370 g/mol. The number of hydrogen-bond donors (Lipinski definition) is 3.